The Labute approximate surface area is 220 Å². The third-order valence-corrected chi connectivity index (χ3v) is 8.05. The number of ether oxygens (including phenoxy) is 3. The van der Waals surface area contributed by atoms with Crippen molar-refractivity contribution in [2.75, 3.05) is 21.3 Å². The monoisotopic (exact) mass is 540 g/mol. The van der Waals surface area contributed by atoms with Gasteiger partial charge in [0.2, 0.25) is 5.88 Å². The number of pyridine rings is 1. The smallest absolute Gasteiger partial charge is 0.213 e. The van der Waals surface area contributed by atoms with Crippen LogP contribution < -0.4 is 14.2 Å². The molecular formula is C25H28N6O6S. The minimum absolute atomic E-state index is 0.0756. The van der Waals surface area contributed by atoms with Gasteiger partial charge in [-0.25, -0.2) is 23.4 Å². The second-order valence-electron chi connectivity index (χ2n) is 8.37. The van der Waals surface area contributed by atoms with Crippen LogP contribution in [-0.4, -0.2) is 69.8 Å². The summed E-state index contributed by atoms with van der Waals surface area (Å²) in [5.41, 5.74) is 1.08. The maximum Gasteiger partial charge on any atom is 0.213 e. The van der Waals surface area contributed by atoms with Crippen molar-refractivity contribution >= 4 is 9.84 Å². The van der Waals surface area contributed by atoms with Crippen LogP contribution in [0.2, 0.25) is 0 Å². The Morgan fingerprint density at radius 2 is 1.58 bits per heavy atom. The predicted octanol–water partition coefficient (Wildman–Crippen LogP) is 2.49. The molecule has 0 amide bonds. The lowest BCUT2D eigenvalue weighted by molar-refractivity contribution is 0.175. The Hall–Kier alpha value is -4.10. The number of methoxy groups -OCH3 is 3. The van der Waals surface area contributed by atoms with E-state index in [9.17, 15) is 13.5 Å². The Bertz CT molecular complexity index is 1500. The first-order valence-corrected chi connectivity index (χ1v) is 13.3. The third kappa shape index (κ3) is 5.29. The molecule has 3 aromatic heterocycles. The van der Waals surface area contributed by atoms with Crippen molar-refractivity contribution in [1.29, 1.82) is 0 Å². The van der Waals surface area contributed by atoms with Gasteiger partial charge in [0.1, 0.15) is 34.5 Å². The fourth-order valence-corrected chi connectivity index (χ4v) is 5.21. The molecule has 0 aliphatic heterocycles. The summed E-state index contributed by atoms with van der Waals surface area (Å²) in [7, 11) is 0.494. The van der Waals surface area contributed by atoms with Crippen molar-refractivity contribution in [3.05, 3.63) is 66.0 Å². The van der Waals surface area contributed by atoms with Crippen LogP contribution in [0.1, 0.15) is 30.2 Å². The molecule has 4 rings (SSSR count). The summed E-state index contributed by atoms with van der Waals surface area (Å²) in [6.45, 7) is 3.12. The van der Waals surface area contributed by atoms with Crippen LogP contribution in [0.4, 0.5) is 0 Å². The van der Waals surface area contributed by atoms with Gasteiger partial charge in [-0.15, -0.1) is 10.2 Å². The molecule has 0 aliphatic carbocycles. The summed E-state index contributed by atoms with van der Waals surface area (Å²) in [6, 6.07) is 10.3. The van der Waals surface area contributed by atoms with Crippen LogP contribution >= 0.6 is 0 Å². The number of aliphatic hydroxyl groups excluding tert-OH is 1. The lowest BCUT2D eigenvalue weighted by atomic mass is 10.1. The summed E-state index contributed by atoms with van der Waals surface area (Å²) in [5, 5.41) is 18.1. The lowest BCUT2D eigenvalue weighted by Gasteiger charge is -2.20. The maximum absolute atomic E-state index is 13.5. The minimum Gasteiger partial charge on any atom is -0.494 e. The molecule has 0 aliphatic rings. The zero-order valence-corrected chi connectivity index (χ0v) is 22.4. The molecule has 13 heteroatoms. The zero-order valence-electron chi connectivity index (χ0n) is 21.6. The van der Waals surface area contributed by atoms with Gasteiger partial charge in [0.15, 0.2) is 21.5 Å². The van der Waals surface area contributed by atoms with Crippen LogP contribution in [0.5, 0.6) is 17.4 Å². The number of rotatable bonds is 10. The van der Waals surface area contributed by atoms with Crippen LogP contribution in [0.25, 0.3) is 17.2 Å². The second-order valence-corrected chi connectivity index (χ2v) is 10.7. The van der Waals surface area contributed by atoms with Gasteiger partial charge in [-0.2, -0.15) is 0 Å². The summed E-state index contributed by atoms with van der Waals surface area (Å²) in [6.07, 6.45) is 1.47. The number of aryl methyl sites for hydroxylation is 1. The number of hydrogen-bond acceptors (Lipinski definition) is 11. The van der Waals surface area contributed by atoms with Crippen molar-refractivity contribution < 1.29 is 27.7 Å². The summed E-state index contributed by atoms with van der Waals surface area (Å²) in [4.78, 5) is 12.6. The largest absolute Gasteiger partial charge is 0.494 e. The number of aliphatic hydroxyl groups is 1. The quantitative estimate of drug-likeness (QED) is 0.316. The Morgan fingerprint density at radius 3 is 2.18 bits per heavy atom. The maximum atomic E-state index is 13.5. The van der Waals surface area contributed by atoms with E-state index in [1.807, 2.05) is 0 Å². The fraction of sp³-hybridized carbons (Fsp3) is 0.320. The average Bonchev–Trinajstić information content (AvgIpc) is 3.34. The first-order chi connectivity index (χ1) is 18.2. The topological polar surface area (TPSA) is 151 Å². The van der Waals surface area contributed by atoms with Gasteiger partial charge in [-0.05, 0) is 32.0 Å². The Kier molecular flexibility index (Phi) is 7.88. The van der Waals surface area contributed by atoms with Crippen molar-refractivity contribution in [3.63, 3.8) is 0 Å². The van der Waals surface area contributed by atoms with E-state index in [0.717, 1.165) is 0 Å². The molecule has 0 radical (unpaired) electrons. The van der Waals surface area contributed by atoms with Gasteiger partial charge >= 0.3 is 0 Å². The minimum atomic E-state index is -3.98. The van der Waals surface area contributed by atoms with E-state index in [0.29, 0.717) is 40.1 Å². The van der Waals surface area contributed by atoms with Gasteiger partial charge < -0.3 is 19.3 Å². The van der Waals surface area contributed by atoms with Crippen LogP contribution in [0.15, 0.2) is 48.8 Å². The Balaban J connectivity index is 1.84. The highest BCUT2D eigenvalue weighted by Gasteiger charge is 2.33. The standard InChI is InChI=1S/C25H28N6O6S/c1-15(24(32)17-12-26-16(2)27-13-17)38(33,34)14-21-29-30-25(18-8-6-11-22(28-18)37-5)31(21)23-19(35-3)9-7-10-20(23)36-4/h6-13,15,24,32H,14H2,1-5H3/t15-,24-/m0/s1. The van der Waals surface area contributed by atoms with E-state index >= 15 is 0 Å². The molecule has 1 aromatic carbocycles. The molecule has 2 atom stereocenters. The highest BCUT2D eigenvalue weighted by molar-refractivity contribution is 7.91. The number of sulfone groups is 1. The van der Waals surface area contributed by atoms with Gasteiger partial charge in [-0.3, -0.25) is 4.57 Å². The molecule has 1 N–H and O–H groups in total. The molecule has 0 spiro atoms. The zero-order chi connectivity index (χ0) is 27.4. The van der Waals surface area contributed by atoms with E-state index in [1.54, 1.807) is 43.3 Å². The molecule has 0 fully saturated rings. The van der Waals surface area contributed by atoms with Gasteiger partial charge in [0, 0.05) is 24.0 Å². The molecule has 4 aromatic rings. The molecule has 3 heterocycles. The van der Waals surface area contributed by atoms with Crippen molar-refractivity contribution in [2.24, 2.45) is 0 Å². The van der Waals surface area contributed by atoms with E-state index in [1.165, 1.54) is 45.2 Å². The molecular weight excluding hydrogens is 512 g/mol. The highest BCUT2D eigenvalue weighted by Crippen LogP contribution is 2.37. The van der Waals surface area contributed by atoms with Gasteiger partial charge in [-0.1, -0.05) is 12.1 Å². The number of aromatic nitrogens is 6. The predicted molar refractivity (Wildman–Crippen MR) is 138 cm³/mol. The normalized spacial score (nSPS) is 13.1. The number of nitrogens with zero attached hydrogens (tertiary/aromatic N) is 6. The van der Waals surface area contributed by atoms with Crippen LogP contribution in [0, 0.1) is 6.92 Å². The fourth-order valence-electron chi connectivity index (χ4n) is 3.85. The van der Waals surface area contributed by atoms with Crippen molar-refractivity contribution in [2.45, 2.75) is 31.0 Å². The highest BCUT2D eigenvalue weighted by atomic mass is 32.2. The van der Waals surface area contributed by atoms with Crippen molar-refractivity contribution in [3.8, 4) is 34.6 Å². The van der Waals surface area contributed by atoms with Gasteiger partial charge in [0.25, 0.3) is 0 Å². The number of benzene rings is 1. The summed E-state index contributed by atoms with van der Waals surface area (Å²) in [5.74, 6) is 1.43. The molecule has 0 unspecified atom stereocenters. The lowest BCUT2D eigenvalue weighted by Crippen LogP contribution is -2.28. The number of para-hydroxylation sites is 1. The molecule has 0 bridgehead atoms. The van der Waals surface area contributed by atoms with E-state index in [2.05, 4.69) is 25.1 Å². The number of hydrogen-bond donors (Lipinski definition) is 1. The molecule has 200 valence electrons. The Morgan fingerprint density at radius 1 is 0.947 bits per heavy atom. The first kappa shape index (κ1) is 26.9. The van der Waals surface area contributed by atoms with E-state index < -0.39 is 26.9 Å². The summed E-state index contributed by atoms with van der Waals surface area (Å²) < 4.78 is 45.0. The first-order valence-electron chi connectivity index (χ1n) is 11.6. The molecule has 38 heavy (non-hydrogen) atoms. The summed E-state index contributed by atoms with van der Waals surface area (Å²) >= 11 is 0. The molecule has 0 saturated heterocycles. The van der Waals surface area contributed by atoms with E-state index in [-0.39, 0.29) is 11.6 Å². The SMILES string of the molecule is COc1cccc(-c2nnc(CS(=O)(=O)[C@@H](C)[C@H](O)c3cnc(C)nc3)n2-c2c(OC)cccc2OC)n1. The van der Waals surface area contributed by atoms with Crippen molar-refractivity contribution in [1.82, 2.24) is 29.7 Å². The average molecular weight is 541 g/mol. The second kappa shape index (κ2) is 11.1. The third-order valence-electron chi connectivity index (χ3n) is 6.00. The van der Waals surface area contributed by atoms with Crippen LogP contribution in [0.3, 0.4) is 0 Å². The van der Waals surface area contributed by atoms with E-state index in [4.69, 9.17) is 14.2 Å². The molecule has 12 nitrogen and oxygen atoms in total. The molecule has 0 saturated carbocycles. The van der Waals surface area contributed by atoms with Gasteiger partial charge in [0.05, 0.1) is 32.7 Å². The van der Waals surface area contributed by atoms with Crippen LogP contribution in [-0.2, 0) is 15.6 Å².